The lowest BCUT2D eigenvalue weighted by atomic mass is 10.1. The molecule has 0 saturated carbocycles. The third-order valence-corrected chi connectivity index (χ3v) is 2.14. The second kappa shape index (κ2) is 2.14. The molecule has 1 heterocycles. The molecule has 1 rings (SSSR count). The average Bonchev–Trinajstić information content (AvgIpc) is 1.78. The molecule has 0 bridgehead atoms. The summed E-state index contributed by atoms with van der Waals surface area (Å²) in [6, 6.07) is 0. The van der Waals surface area contributed by atoms with Crippen molar-refractivity contribution in [2.24, 2.45) is 0 Å². The molecule has 52 valence electrons. The van der Waals surface area contributed by atoms with Crippen LogP contribution in [0, 0.1) is 0 Å². The van der Waals surface area contributed by atoms with Crippen LogP contribution in [0.25, 0.3) is 0 Å². The van der Waals surface area contributed by atoms with Crippen molar-refractivity contribution in [1.82, 2.24) is 0 Å². The molecule has 9 heavy (non-hydrogen) atoms. The molecular formula is C8H16N+. The fraction of sp³-hybridized carbons (Fsp3) is 0.750. The molecule has 0 aromatic carbocycles. The smallest absolute Gasteiger partial charge is 0.0820 e. The van der Waals surface area contributed by atoms with Crippen LogP contribution in [-0.4, -0.2) is 31.7 Å². The summed E-state index contributed by atoms with van der Waals surface area (Å²) >= 11 is 0. The zero-order chi connectivity index (χ0) is 6.91. The largest absolute Gasteiger partial charge is 0.328 e. The maximum Gasteiger partial charge on any atom is 0.0820 e. The summed E-state index contributed by atoms with van der Waals surface area (Å²) in [5.41, 5.74) is 1.44. The number of likely N-dealkylation sites (tertiary alicyclic amines) is 1. The van der Waals surface area contributed by atoms with E-state index in [1.807, 2.05) is 0 Å². The first-order valence-corrected chi connectivity index (χ1v) is 3.59. The number of quaternary nitrogens is 1. The van der Waals surface area contributed by atoms with E-state index in [1.165, 1.54) is 36.0 Å². The van der Waals surface area contributed by atoms with Gasteiger partial charge in [-0.05, 0) is 0 Å². The molecule has 0 aromatic rings. The summed E-state index contributed by atoms with van der Waals surface area (Å²) in [6.45, 7) is 6.52. The topological polar surface area (TPSA) is 0 Å². The van der Waals surface area contributed by atoms with Crippen LogP contribution in [0.2, 0.25) is 0 Å². The van der Waals surface area contributed by atoms with Crippen LogP contribution in [0.4, 0.5) is 0 Å². The summed E-state index contributed by atoms with van der Waals surface area (Å²) < 4.78 is 1.18. The quantitative estimate of drug-likeness (QED) is 0.340. The van der Waals surface area contributed by atoms with E-state index in [4.69, 9.17) is 0 Å². The normalized spacial score (nSPS) is 26.2. The highest BCUT2D eigenvalue weighted by Crippen LogP contribution is 2.16. The SMILES string of the molecule is C=C1CC[N+](C)(C)CC1. The van der Waals surface area contributed by atoms with Crippen LogP contribution < -0.4 is 0 Å². The molecule has 1 saturated heterocycles. The molecule has 0 aromatic heterocycles. The third kappa shape index (κ3) is 1.83. The summed E-state index contributed by atoms with van der Waals surface area (Å²) in [7, 11) is 4.57. The molecule has 0 N–H and O–H groups in total. The van der Waals surface area contributed by atoms with Crippen LogP contribution in [0.3, 0.4) is 0 Å². The molecule has 0 spiro atoms. The molecule has 1 aliphatic rings. The molecule has 0 radical (unpaired) electrons. The zero-order valence-electron chi connectivity index (χ0n) is 6.48. The van der Waals surface area contributed by atoms with Crippen LogP contribution in [0.1, 0.15) is 12.8 Å². The van der Waals surface area contributed by atoms with E-state index in [0.29, 0.717) is 0 Å². The summed E-state index contributed by atoms with van der Waals surface area (Å²) in [6.07, 6.45) is 2.46. The van der Waals surface area contributed by atoms with E-state index in [1.54, 1.807) is 0 Å². The maximum atomic E-state index is 3.97. The minimum Gasteiger partial charge on any atom is -0.328 e. The van der Waals surface area contributed by atoms with E-state index in [2.05, 4.69) is 20.7 Å². The second-order valence-electron chi connectivity index (χ2n) is 3.63. The minimum atomic E-state index is 1.18. The van der Waals surface area contributed by atoms with E-state index in [9.17, 15) is 0 Å². The van der Waals surface area contributed by atoms with E-state index >= 15 is 0 Å². The van der Waals surface area contributed by atoms with Gasteiger partial charge in [-0.2, -0.15) is 0 Å². The van der Waals surface area contributed by atoms with Crippen molar-refractivity contribution in [1.29, 1.82) is 0 Å². The number of piperidine rings is 1. The Labute approximate surface area is 57.6 Å². The van der Waals surface area contributed by atoms with Gasteiger partial charge in [0.2, 0.25) is 0 Å². The molecule has 0 unspecified atom stereocenters. The van der Waals surface area contributed by atoms with Crippen molar-refractivity contribution >= 4 is 0 Å². The monoisotopic (exact) mass is 126 g/mol. The highest BCUT2D eigenvalue weighted by Gasteiger charge is 2.20. The second-order valence-corrected chi connectivity index (χ2v) is 3.63. The molecule has 1 aliphatic heterocycles. The zero-order valence-corrected chi connectivity index (χ0v) is 6.48. The molecule has 1 nitrogen and oxygen atoms in total. The molecule has 0 aliphatic carbocycles. The molecule has 0 amide bonds. The Hall–Kier alpha value is -0.300. The van der Waals surface area contributed by atoms with Gasteiger partial charge >= 0.3 is 0 Å². The van der Waals surface area contributed by atoms with Gasteiger partial charge in [0, 0.05) is 12.8 Å². The molecule has 1 fully saturated rings. The van der Waals surface area contributed by atoms with Crippen molar-refractivity contribution in [3.05, 3.63) is 12.2 Å². The van der Waals surface area contributed by atoms with Gasteiger partial charge in [0.05, 0.1) is 27.2 Å². The van der Waals surface area contributed by atoms with Crippen LogP contribution in [0.5, 0.6) is 0 Å². The standard InChI is InChI=1S/C8H16N/c1-8-4-6-9(2,3)7-5-8/h1,4-7H2,2-3H3/q+1. The van der Waals surface area contributed by atoms with Crippen molar-refractivity contribution < 1.29 is 4.48 Å². The van der Waals surface area contributed by atoms with Crippen LogP contribution >= 0.6 is 0 Å². The Balaban J connectivity index is 2.44. The fourth-order valence-corrected chi connectivity index (χ4v) is 1.16. The fourth-order valence-electron chi connectivity index (χ4n) is 1.16. The van der Waals surface area contributed by atoms with Gasteiger partial charge in [-0.15, -0.1) is 0 Å². The van der Waals surface area contributed by atoms with Gasteiger partial charge in [0.15, 0.2) is 0 Å². The summed E-state index contributed by atoms with van der Waals surface area (Å²) in [4.78, 5) is 0. The number of hydrogen-bond acceptors (Lipinski definition) is 0. The van der Waals surface area contributed by atoms with Crippen molar-refractivity contribution in [2.45, 2.75) is 12.8 Å². The van der Waals surface area contributed by atoms with Gasteiger partial charge in [0.1, 0.15) is 0 Å². The Kier molecular flexibility index (Phi) is 1.62. The minimum absolute atomic E-state index is 1.18. The molecule has 1 heteroatoms. The van der Waals surface area contributed by atoms with E-state index in [0.717, 1.165) is 0 Å². The highest BCUT2D eigenvalue weighted by atomic mass is 15.3. The Morgan fingerprint density at radius 2 is 1.67 bits per heavy atom. The predicted octanol–water partition coefficient (Wildman–Crippen LogP) is 1.41. The van der Waals surface area contributed by atoms with Gasteiger partial charge in [-0.1, -0.05) is 12.2 Å². The lowest BCUT2D eigenvalue weighted by molar-refractivity contribution is -0.892. The first-order valence-electron chi connectivity index (χ1n) is 3.59. The van der Waals surface area contributed by atoms with Gasteiger partial charge < -0.3 is 4.48 Å². The summed E-state index contributed by atoms with van der Waals surface area (Å²) in [5.74, 6) is 0. The van der Waals surface area contributed by atoms with E-state index in [-0.39, 0.29) is 0 Å². The van der Waals surface area contributed by atoms with Crippen molar-refractivity contribution in [2.75, 3.05) is 27.2 Å². The molecule has 0 atom stereocenters. The van der Waals surface area contributed by atoms with Gasteiger partial charge in [-0.25, -0.2) is 0 Å². The predicted molar refractivity (Wildman–Crippen MR) is 40.2 cm³/mol. The highest BCUT2D eigenvalue weighted by molar-refractivity contribution is 4.95. The third-order valence-electron chi connectivity index (χ3n) is 2.14. The number of nitrogens with zero attached hydrogens (tertiary/aromatic N) is 1. The molecular weight excluding hydrogens is 110 g/mol. The maximum absolute atomic E-state index is 3.97. The lowest BCUT2D eigenvalue weighted by Crippen LogP contribution is -2.44. The van der Waals surface area contributed by atoms with Gasteiger partial charge in [0.25, 0.3) is 0 Å². The van der Waals surface area contributed by atoms with Crippen LogP contribution in [0.15, 0.2) is 12.2 Å². The summed E-state index contributed by atoms with van der Waals surface area (Å²) in [5, 5.41) is 0. The van der Waals surface area contributed by atoms with Gasteiger partial charge in [-0.3, -0.25) is 0 Å². The van der Waals surface area contributed by atoms with E-state index < -0.39 is 0 Å². The first kappa shape index (κ1) is 6.81. The number of rotatable bonds is 0. The first-order chi connectivity index (χ1) is 4.10. The average molecular weight is 126 g/mol. The Morgan fingerprint density at radius 1 is 1.22 bits per heavy atom. The van der Waals surface area contributed by atoms with Crippen molar-refractivity contribution in [3.8, 4) is 0 Å². The number of hydrogen-bond donors (Lipinski definition) is 0. The van der Waals surface area contributed by atoms with Crippen LogP contribution in [-0.2, 0) is 0 Å². The van der Waals surface area contributed by atoms with Crippen molar-refractivity contribution in [3.63, 3.8) is 0 Å². The Morgan fingerprint density at radius 3 is 2.00 bits per heavy atom. The lowest BCUT2D eigenvalue weighted by Gasteiger charge is -2.34. The Bertz CT molecular complexity index is 113.